The maximum atomic E-state index is 5.59. The van der Waals surface area contributed by atoms with Crippen molar-refractivity contribution >= 4 is 33.4 Å². The predicted molar refractivity (Wildman–Crippen MR) is 260 cm³/mol. The molecule has 1 spiro atoms. The molecule has 0 N–H and O–H groups in total. The van der Waals surface area contributed by atoms with E-state index in [9.17, 15) is 0 Å². The number of hydrogen-bond acceptors (Lipinski definition) is 2. The van der Waals surface area contributed by atoms with Crippen molar-refractivity contribution in [3.63, 3.8) is 0 Å². The van der Waals surface area contributed by atoms with Gasteiger partial charge in [0.25, 0.3) is 0 Å². The van der Waals surface area contributed by atoms with Gasteiger partial charge >= 0.3 is 0 Å². The van der Waals surface area contributed by atoms with E-state index in [4.69, 9.17) is 5.10 Å². The largest absolute Gasteiger partial charge is 0.310 e. The van der Waals surface area contributed by atoms with Crippen molar-refractivity contribution in [1.29, 1.82) is 0 Å². The van der Waals surface area contributed by atoms with Crippen LogP contribution in [0.2, 0.25) is 0 Å². The Balaban J connectivity index is 1.05. The van der Waals surface area contributed by atoms with Crippen LogP contribution in [0.3, 0.4) is 0 Å². The Bertz CT molecular complexity index is 3460. The lowest BCUT2D eigenvalue weighted by Gasteiger charge is -2.45. The lowest BCUT2D eigenvalue weighted by atomic mass is 9.64. The van der Waals surface area contributed by atoms with E-state index >= 15 is 0 Å². The maximum absolute atomic E-state index is 5.59. The van der Waals surface area contributed by atoms with E-state index in [1.54, 1.807) is 0 Å². The second kappa shape index (κ2) is 13.9. The van der Waals surface area contributed by atoms with E-state index in [1.165, 1.54) is 50.1 Å². The molecule has 0 saturated heterocycles. The first-order valence-corrected chi connectivity index (χ1v) is 21.7. The molecule has 0 bridgehead atoms. The molecule has 2 aliphatic rings. The molecular formula is C60H39N3. The Kier molecular flexibility index (Phi) is 7.82. The van der Waals surface area contributed by atoms with Gasteiger partial charge < -0.3 is 4.90 Å². The Morgan fingerprint density at radius 2 is 0.778 bits per heavy atom. The van der Waals surface area contributed by atoms with Gasteiger partial charge in [0, 0.05) is 33.3 Å². The molecule has 0 radical (unpaired) electrons. The van der Waals surface area contributed by atoms with Gasteiger partial charge in [0.2, 0.25) is 0 Å². The summed E-state index contributed by atoms with van der Waals surface area (Å²) in [6, 6.07) is 86.2. The summed E-state index contributed by atoms with van der Waals surface area (Å²) in [5.41, 5.74) is 20.7. The third-order valence-electron chi connectivity index (χ3n) is 13.4. The average Bonchev–Trinajstić information content (AvgIpc) is 3.90. The fourth-order valence-electron chi connectivity index (χ4n) is 10.9. The number of para-hydroxylation sites is 2. The van der Waals surface area contributed by atoms with Crippen molar-refractivity contribution in [2.45, 2.75) is 5.41 Å². The molecule has 0 fully saturated rings. The zero-order valence-electron chi connectivity index (χ0n) is 34.4. The predicted octanol–water partition coefficient (Wildman–Crippen LogP) is 15.3. The molecule has 294 valence electrons. The summed E-state index contributed by atoms with van der Waals surface area (Å²) in [5, 5.41) is 7.93. The summed E-state index contributed by atoms with van der Waals surface area (Å²) in [5.74, 6) is 0. The molecule has 11 aromatic rings. The summed E-state index contributed by atoms with van der Waals surface area (Å²) < 4.78 is 2.22. The molecule has 3 heteroatoms. The Labute approximate surface area is 366 Å². The Morgan fingerprint density at radius 1 is 0.333 bits per heavy atom. The van der Waals surface area contributed by atoms with Crippen molar-refractivity contribution in [3.05, 3.63) is 259 Å². The van der Waals surface area contributed by atoms with Gasteiger partial charge in [0.05, 0.1) is 28.0 Å². The fraction of sp³-hybridized carbons (Fsp3) is 0.0167. The van der Waals surface area contributed by atoms with Crippen LogP contribution in [-0.4, -0.2) is 9.61 Å². The number of fused-ring (bicyclic) bond motifs is 12. The van der Waals surface area contributed by atoms with Gasteiger partial charge in [-0.2, -0.15) is 5.10 Å². The van der Waals surface area contributed by atoms with E-state index in [0.717, 1.165) is 61.4 Å². The monoisotopic (exact) mass is 801 g/mol. The first kappa shape index (κ1) is 35.5. The van der Waals surface area contributed by atoms with Gasteiger partial charge in [-0.05, 0) is 74.2 Å². The van der Waals surface area contributed by atoms with Gasteiger partial charge in [-0.3, -0.25) is 0 Å². The number of anilines is 3. The molecule has 13 rings (SSSR count). The van der Waals surface area contributed by atoms with Gasteiger partial charge in [0.1, 0.15) is 5.69 Å². The first-order valence-electron chi connectivity index (χ1n) is 21.7. The van der Waals surface area contributed by atoms with Crippen molar-refractivity contribution in [1.82, 2.24) is 9.61 Å². The van der Waals surface area contributed by atoms with Gasteiger partial charge in [-0.25, -0.2) is 4.52 Å². The number of nitrogens with zero attached hydrogens (tertiary/aromatic N) is 3. The summed E-state index contributed by atoms with van der Waals surface area (Å²) in [4.78, 5) is 2.47. The molecule has 0 amide bonds. The number of pyridine rings is 1. The van der Waals surface area contributed by atoms with Crippen molar-refractivity contribution < 1.29 is 0 Å². The SMILES string of the molecule is c1ccc(-c2nn3c(-c4ccccc4)c(-c4ccc(N5c6ccccc6C6(c7ccccc7-c7ccccc76)c6ccccc65)cc4)c4ccccc4c3c2-c2ccccc2)cc1. The minimum atomic E-state index is -0.448. The second-order valence-electron chi connectivity index (χ2n) is 16.6. The molecule has 63 heavy (non-hydrogen) atoms. The molecule has 3 nitrogen and oxygen atoms in total. The highest BCUT2D eigenvalue weighted by atomic mass is 15.2. The highest BCUT2D eigenvalue weighted by Gasteiger charge is 2.51. The maximum Gasteiger partial charge on any atom is 0.101 e. The summed E-state index contributed by atoms with van der Waals surface area (Å²) in [6.07, 6.45) is 0. The molecular weight excluding hydrogens is 763 g/mol. The molecule has 2 aromatic heterocycles. The van der Waals surface area contributed by atoms with Crippen molar-refractivity contribution in [2.75, 3.05) is 4.90 Å². The standard InChI is InChI=1S/C60H39N3/c1-4-20-40(21-5-1)56-57(42-22-6-2-7-23-42)61-63-58(43-24-8-3-9-25-43)55(47-28-10-11-29-48(47)59(56)63)41-36-38-44(39-37-41)62-53-34-18-16-32-51(53)60(52-33-17-19-35-54(52)62)49-30-14-12-26-45(49)46-27-13-15-31-50(46)60/h1-39H. The third kappa shape index (κ3) is 5.05. The van der Waals surface area contributed by atoms with Crippen LogP contribution in [-0.2, 0) is 5.41 Å². The smallest absolute Gasteiger partial charge is 0.101 e. The van der Waals surface area contributed by atoms with E-state index in [0.29, 0.717) is 0 Å². The molecule has 0 unspecified atom stereocenters. The molecule has 9 aromatic carbocycles. The zero-order valence-corrected chi connectivity index (χ0v) is 34.4. The zero-order chi connectivity index (χ0) is 41.5. The first-order chi connectivity index (χ1) is 31.3. The number of rotatable bonds is 5. The highest BCUT2D eigenvalue weighted by Crippen LogP contribution is 2.63. The van der Waals surface area contributed by atoms with Crippen LogP contribution in [0.25, 0.3) is 72.2 Å². The third-order valence-corrected chi connectivity index (χ3v) is 13.4. The number of benzene rings is 9. The van der Waals surface area contributed by atoms with Gasteiger partial charge in [-0.15, -0.1) is 0 Å². The van der Waals surface area contributed by atoms with Crippen LogP contribution >= 0.6 is 0 Å². The van der Waals surface area contributed by atoms with Crippen LogP contribution in [0.15, 0.2) is 237 Å². The molecule has 1 aliphatic carbocycles. The lowest BCUT2D eigenvalue weighted by Crippen LogP contribution is -2.36. The number of aromatic nitrogens is 2. The molecule has 1 aliphatic heterocycles. The molecule has 3 heterocycles. The average molecular weight is 802 g/mol. The van der Waals surface area contributed by atoms with Crippen LogP contribution in [0.1, 0.15) is 22.3 Å². The van der Waals surface area contributed by atoms with E-state index in [1.807, 2.05) is 0 Å². The Morgan fingerprint density at radius 3 is 1.37 bits per heavy atom. The van der Waals surface area contributed by atoms with E-state index in [-0.39, 0.29) is 0 Å². The van der Waals surface area contributed by atoms with E-state index in [2.05, 4.69) is 246 Å². The molecule has 0 atom stereocenters. The highest BCUT2D eigenvalue weighted by molar-refractivity contribution is 6.15. The van der Waals surface area contributed by atoms with Crippen LogP contribution in [0.5, 0.6) is 0 Å². The lowest BCUT2D eigenvalue weighted by molar-refractivity contribution is 0.752. The summed E-state index contributed by atoms with van der Waals surface area (Å²) in [6.45, 7) is 0. The van der Waals surface area contributed by atoms with Crippen LogP contribution in [0.4, 0.5) is 17.1 Å². The van der Waals surface area contributed by atoms with Gasteiger partial charge in [-0.1, -0.05) is 212 Å². The van der Waals surface area contributed by atoms with Crippen LogP contribution in [0, 0.1) is 0 Å². The Hall–Kier alpha value is -8.27. The van der Waals surface area contributed by atoms with Gasteiger partial charge in [0.15, 0.2) is 0 Å². The molecule has 0 saturated carbocycles. The van der Waals surface area contributed by atoms with Crippen molar-refractivity contribution in [3.8, 4) is 55.9 Å². The minimum Gasteiger partial charge on any atom is -0.310 e. The van der Waals surface area contributed by atoms with Crippen LogP contribution < -0.4 is 4.90 Å². The minimum absolute atomic E-state index is 0.448. The topological polar surface area (TPSA) is 20.5 Å². The fourth-order valence-corrected chi connectivity index (χ4v) is 10.9. The normalized spacial score (nSPS) is 13.2. The number of hydrogen-bond donors (Lipinski definition) is 0. The second-order valence-corrected chi connectivity index (χ2v) is 16.6. The summed E-state index contributed by atoms with van der Waals surface area (Å²) >= 11 is 0. The quantitative estimate of drug-likeness (QED) is 0.173. The summed E-state index contributed by atoms with van der Waals surface area (Å²) in [7, 11) is 0. The van der Waals surface area contributed by atoms with E-state index < -0.39 is 5.41 Å². The van der Waals surface area contributed by atoms with Crippen molar-refractivity contribution in [2.24, 2.45) is 0 Å².